The first kappa shape index (κ1) is 14.3. The molecule has 1 N–H and O–H groups in total. The van der Waals surface area contributed by atoms with Crippen molar-refractivity contribution in [3.63, 3.8) is 0 Å². The van der Waals surface area contributed by atoms with Crippen molar-refractivity contribution in [1.82, 2.24) is 10.2 Å². The van der Waals surface area contributed by atoms with Gasteiger partial charge in [-0.3, -0.25) is 5.10 Å². The highest BCUT2D eigenvalue weighted by molar-refractivity contribution is 5.87. The second-order valence-corrected chi connectivity index (χ2v) is 4.15. The molecule has 0 aliphatic heterocycles. The molecule has 0 unspecified atom stereocenters. The van der Waals surface area contributed by atoms with E-state index in [0.29, 0.717) is 0 Å². The number of unbranched alkanes of at least 4 members (excludes halogenated alkanes) is 6. The van der Waals surface area contributed by atoms with Crippen molar-refractivity contribution in [2.75, 3.05) is 0 Å². The summed E-state index contributed by atoms with van der Waals surface area (Å²) in [6.07, 6.45) is 12.2. The Balaban J connectivity index is 2.03. The van der Waals surface area contributed by atoms with Crippen LogP contribution < -0.4 is 0 Å². The number of esters is 1. The number of hydrogen-bond acceptors (Lipinski definition) is 3. The molecule has 0 saturated heterocycles. The summed E-state index contributed by atoms with van der Waals surface area (Å²) in [5.41, 5.74) is 0.254. The number of hydrogen-bond donors (Lipinski definition) is 1. The molecule has 1 rings (SSSR count). The van der Waals surface area contributed by atoms with Gasteiger partial charge in [-0.1, -0.05) is 44.9 Å². The van der Waals surface area contributed by atoms with E-state index in [1.165, 1.54) is 32.1 Å². The van der Waals surface area contributed by atoms with Gasteiger partial charge < -0.3 is 4.74 Å². The topological polar surface area (TPSA) is 55.0 Å². The van der Waals surface area contributed by atoms with Crippen molar-refractivity contribution in [2.45, 2.75) is 51.9 Å². The molecule has 98 valence electrons. The Morgan fingerprint density at radius 2 is 2.11 bits per heavy atom. The van der Waals surface area contributed by atoms with Gasteiger partial charge in [0, 0.05) is 12.6 Å². The molecule has 0 aliphatic carbocycles. The van der Waals surface area contributed by atoms with E-state index in [9.17, 15) is 4.79 Å². The minimum absolute atomic E-state index is 0.254. The van der Waals surface area contributed by atoms with E-state index >= 15 is 0 Å². The fourth-order valence-electron chi connectivity index (χ4n) is 1.55. The van der Waals surface area contributed by atoms with Crippen LogP contribution in [0, 0.1) is 12.0 Å². The van der Waals surface area contributed by atoms with Crippen LogP contribution in [0.15, 0.2) is 12.3 Å². The van der Waals surface area contributed by atoms with Gasteiger partial charge >= 0.3 is 5.97 Å². The third-order valence-electron chi connectivity index (χ3n) is 2.58. The molecule has 0 amide bonds. The monoisotopic (exact) mass is 248 g/mol. The Kier molecular flexibility index (Phi) is 7.38. The molecule has 0 atom stereocenters. The average molecular weight is 248 g/mol. The van der Waals surface area contributed by atoms with Gasteiger partial charge in [0.05, 0.1) is 0 Å². The average Bonchev–Trinajstić information content (AvgIpc) is 2.90. The van der Waals surface area contributed by atoms with Gasteiger partial charge in [0.1, 0.15) is 6.11 Å². The lowest BCUT2D eigenvalue weighted by atomic mass is 10.1. The highest BCUT2D eigenvalue weighted by atomic mass is 16.5. The first-order valence-electron chi connectivity index (χ1n) is 6.53. The first-order chi connectivity index (χ1) is 8.84. The summed E-state index contributed by atoms with van der Waals surface area (Å²) in [7, 11) is 0. The number of aromatic amines is 1. The summed E-state index contributed by atoms with van der Waals surface area (Å²) in [6.45, 7) is 2.21. The summed E-state index contributed by atoms with van der Waals surface area (Å²) in [6, 6.07) is 1.55. The van der Waals surface area contributed by atoms with Crippen LogP contribution in [0.5, 0.6) is 0 Å². The zero-order valence-electron chi connectivity index (χ0n) is 10.9. The Morgan fingerprint density at radius 1 is 1.33 bits per heavy atom. The van der Waals surface area contributed by atoms with E-state index in [4.69, 9.17) is 4.74 Å². The molecule has 1 aromatic rings. The molecule has 18 heavy (non-hydrogen) atoms. The molecule has 4 heteroatoms. The molecule has 0 bridgehead atoms. The molecule has 0 aliphatic rings. The van der Waals surface area contributed by atoms with E-state index in [1.807, 2.05) is 0 Å². The number of nitrogens with zero attached hydrogens (tertiary/aromatic N) is 1. The number of carbonyl (C=O) groups is 1. The molecule has 0 spiro atoms. The summed E-state index contributed by atoms with van der Waals surface area (Å²) in [4.78, 5) is 11.3. The molecule has 4 nitrogen and oxygen atoms in total. The molecular formula is C14H20N2O2. The van der Waals surface area contributed by atoms with Crippen LogP contribution in [0.3, 0.4) is 0 Å². The Morgan fingerprint density at radius 3 is 2.83 bits per heavy atom. The fraction of sp³-hybridized carbons (Fsp3) is 0.571. The van der Waals surface area contributed by atoms with Gasteiger partial charge in [-0.05, 0) is 12.5 Å². The number of nitrogens with one attached hydrogen (secondary N) is 1. The lowest BCUT2D eigenvalue weighted by Crippen LogP contribution is -2.01. The quantitative estimate of drug-likeness (QED) is 0.457. The predicted molar refractivity (Wildman–Crippen MR) is 69.8 cm³/mol. The minimum Gasteiger partial charge on any atom is -0.367 e. The van der Waals surface area contributed by atoms with Crippen molar-refractivity contribution in [3.8, 4) is 12.0 Å². The standard InChI is InChI=1S/C14H20N2O2/c1-2-3-4-5-6-7-8-9-12-18-14(17)13-10-11-15-16-13/h10-11H,2-8H2,1H3,(H,15,16). The number of aromatic nitrogens is 2. The molecule has 0 radical (unpaired) electrons. The van der Waals surface area contributed by atoms with Crippen LogP contribution in [0.1, 0.15) is 62.4 Å². The first-order valence-corrected chi connectivity index (χ1v) is 6.53. The Labute approximate surface area is 108 Å². The van der Waals surface area contributed by atoms with Crippen molar-refractivity contribution in [2.24, 2.45) is 0 Å². The maximum absolute atomic E-state index is 11.3. The summed E-state index contributed by atoms with van der Waals surface area (Å²) in [5.74, 6) is 2.33. The zero-order chi connectivity index (χ0) is 13.1. The van der Waals surface area contributed by atoms with Gasteiger partial charge in [0.15, 0.2) is 5.69 Å². The smallest absolute Gasteiger partial charge is 0.367 e. The second-order valence-electron chi connectivity index (χ2n) is 4.15. The third kappa shape index (κ3) is 6.09. The van der Waals surface area contributed by atoms with E-state index in [-0.39, 0.29) is 5.69 Å². The van der Waals surface area contributed by atoms with Crippen LogP contribution in [0.25, 0.3) is 0 Å². The maximum Gasteiger partial charge on any atom is 0.372 e. The third-order valence-corrected chi connectivity index (χ3v) is 2.58. The lowest BCUT2D eigenvalue weighted by molar-refractivity contribution is 0.0684. The molecular weight excluding hydrogens is 228 g/mol. The van der Waals surface area contributed by atoms with Crippen LogP contribution in [-0.4, -0.2) is 16.2 Å². The van der Waals surface area contributed by atoms with Crippen LogP contribution >= 0.6 is 0 Å². The van der Waals surface area contributed by atoms with Crippen molar-refractivity contribution >= 4 is 5.97 Å². The van der Waals surface area contributed by atoms with Gasteiger partial charge in [0.25, 0.3) is 0 Å². The number of H-pyrrole nitrogens is 1. The highest BCUT2D eigenvalue weighted by Crippen LogP contribution is 2.06. The van der Waals surface area contributed by atoms with Gasteiger partial charge in [0.2, 0.25) is 0 Å². The van der Waals surface area contributed by atoms with Gasteiger partial charge in [-0.15, -0.1) is 0 Å². The van der Waals surface area contributed by atoms with E-state index in [0.717, 1.165) is 12.8 Å². The van der Waals surface area contributed by atoms with Crippen LogP contribution in [0.4, 0.5) is 0 Å². The van der Waals surface area contributed by atoms with Crippen LogP contribution in [0.2, 0.25) is 0 Å². The van der Waals surface area contributed by atoms with Crippen molar-refractivity contribution in [1.29, 1.82) is 0 Å². The number of carbonyl (C=O) groups excluding carboxylic acids is 1. The van der Waals surface area contributed by atoms with E-state index in [2.05, 4.69) is 29.1 Å². The lowest BCUT2D eigenvalue weighted by Gasteiger charge is -1.96. The van der Waals surface area contributed by atoms with E-state index < -0.39 is 5.97 Å². The maximum atomic E-state index is 11.3. The fourth-order valence-corrected chi connectivity index (χ4v) is 1.55. The summed E-state index contributed by atoms with van der Waals surface area (Å²) < 4.78 is 4.75. The largest absolute Gasteiger partial charge is 0.372 e. The Hall–Kier alpha value is -1.76. The van der Waals surface area contributed by atoms with Crippen LogP contribution in [-0.2, 0) is 4.74 Å². The van der Waals surface area contributed by atoms with Crippen molar-refractivity contribution in [3.05, 3.63) is 18.0 Å². The van der Waals surface area contributed by atoms with Gasteiger partial charge in [-0.25, -0.2) is 4.79 Å². The summed E-state index contributed by atoms with van der Waals surface area (Å²) >= 11 is 0. The minimum atomic E-state index is -0.508. The zero-order valence-corrected chi connectivity index (χ0v) is 10.9. The summed E-state index contributed by atoms with van der Waals surface area (Å²) in [5, 5.41) is 6.25. The number of ether oxygens (including phenoxy) is 1. The number of rotatable bonds is 7. The molecule has 0 fully saturated rings. The molecule has 1 heterocycles. The molecule has 0 saturated carbocycles. The van der Waals surface area contributed by atoms with Crippen molar-refractivity contribution < 1.29 is 9.53 Å². The predicted octanol–water partition coefficient (Wildman–Crippen LogP) is 3.28. The SMILES string of the molecule is CCCCCCCCC#COC(=O)c1cc[nH]n1. The highest BCUT2D eigenvalue weighted by Gasteiger charge is 2.06. The normalized spacial score (nSPS) is 9.61. The Bertz CT molecular complexity index is 388. The van der Waals surface area contributed by atoms with E-state index in [1.54, 1.807) is 12.3 Å². The molecule has 0 aromatic carbocycles. The molecule has 1 aromatic heterocycles. The van der Waals surface area contributed by atoms with Gasteiger partial charge in [-0.2, -0.15) is 5.10 Å². The second kappa shape index (κ2) is 9.29.